The number of hydrogen-bond donors (Lipinski definition) is 0. The number of likely N-dealkylation sites (tertiary alicyclic amines) is 1. The summed E-state index contributed by atoms with van der Waals surface area (Å²) in [5, 5.41) is 1.31. The standard InChI is InChI=1S/C18H21N3O2/c1-19-7-5-14-13(3-2-4-15(14)19)12-20-8-6-18-16(20)11-17(22)21(18)9-10-23-18/h2-5,7,16H,6,8-12H2,1H3/t16-,18+/m1/s1. The number of hydrogen-bond acceptors (Lipinski definition) is 3. The van der Waals surface area contributed by atoms with E-state index in [0.717, 1.165) is 26.1 Å². The molecule has 0 saturated carbocycles. The molecule has 1 aromatic heterocycles. The highest BCUT2D eigenvalue weighted by molar-refractivity contribution is 5.84. The van der Waals surface area contributed by atoms with Crippen molar-refractivity contribution in [2.24, 2.45) is 7.05 Å². The average Bonchev–Trinajstić information content (AvgIpc) is 3.26. The number of aromatic nitrogens is 1. The molecule has 0 radical (unpaired) electrons. The van der Waals surface area contributed by atoms with Crippen LogP contribution in [-0.4, -0.2) is 51.7 Å². The van der Waals surface area contributed by atoms with Crippen molar-refractivity contribution < 1.29 is 9.53 Å². The van der Waals surface area contributed by atoms with E-state index in [4.69, 9.17) is 4.74 Å². The van der Waals surface area contributed by atoms with Crippen LogP contribution in [0, 0.1) is 0 Å². The number of carbonyl (C=O) groups excluding carboxylic acids is 1. The predicted molar refractivity (Wildman–Crippen MR) is 86.7 cm³/mol. The molecule has 5 nitrogen and oxygen atoms in total. The summed E-state index contributed by atoms with van der Waals surface area (Å²) in [6.45, 7) is 3.33. The molecule has 0 aliphatic carbocycles. The molecule has 4 heterocycles. The normalized spacial score (nSPS) is 30.4. The molecule has 3 aliphatic heterocycles. The molecule has 2 aromatic rings. The van der Waals surface area contributed by atoms with Crippen molar-refractivity contribution in [3.8, 4) is 0 Å². The Morgan fingerprint density at radius 3 is 3.13 bits per heavy atom. The summed E-state index contributed by atoms with van der Waals surface area (Å²) in [5.41, 5.74) is 2.27. The molecule has 5 heteroatoms. The minimum atomic E-state index is -0.332. The highest BCUT2D eigenvalue weighted by Crippen LogP contribution is 2.46. The quantitative estimate of drug-likeness (QED) is 0.847. The van der Waals surface area contributed by atoms with Crippen molar-refractivity contribution in [3.05, 3.63) is 36.0 Å². The number of nitrogens with zero attached hydrogens (tertiary/aromatic N) is 3. The maximum absolute atomic E-state index is 12.3. The molecule has 5 rings (SSSR count). The van der Waals surface area contributed by atoms with Gasteiger partial charge in [0.25, 0.3) is 0 Å². The van der Waals surface area contributed by atoms with Crippen molar-refractivity contribution in [1.29, 1.82) is 0 Å². The van der Waals surface area contributed by atoms with Gasteiger partial charge in [-0.15, -0.1) is 0 Å². The zero-order valence-corrected chi connectivity index (χ0v) is 13.4. The number of rotatable bonds is 2. The Kier molecular flexibility index (Phi) is 2.71. The second-order valence-corrected chi connectivity index (χ2v) is 6.96. The Hall–Kier alpha value is -1.85. The molecule has 0 unspecified atom stereocenters. The minimum absolute atomic E-state index is 0.205. The Bertz CT molecular complexity index is 799. The van der Waals surface area contributed by atoms with Crippen LogP contribution in [0.3, 0.4) is 0 Å². The van der Waals surface area contributed by atoms with Crippen LogP contribution in [0.15, 0.2) is 30.5 Å². The first kappa shape index (κ1) is 13.6. The minimum Gasteiger partial charge on any atom is -0.352 e. The van der Waals surface area contributed by atoms with E-state index in [1.165, 1.54) is 16.5 Å². The van der Waals surface area contributed by atoms with E-state index in [2.05, 4.69) is 47.0 Å². The van der Waals surface area contributed by atoms with E-state index in [0.29, 0.717) is 13.0 Å². The van der Waals surface area contributed by atoms with E-state index in [1.54, 1.807) is 0 Å². The fraction of sp³-hybridized carbons (Fsp3) is 0.500. The van der Waals surface area contributed by atoms with Gasteiger partial charge >= 0.3 is 0 Å². The highest BCUT2D eigenvalue weighted by Gasteiger charge is 2.61. The van der Waals surface area contributed by atoms with Gasteiger partial charge in [-0.05, 0) is 17.7 Å². The van der Waals surface area contributed by atoms with Gasteiger partial charge in [-0.25, -0.2) is 0 Å². The fourth-order valence-electron chi connectivity index (χ4n) is 4.79. The zero-order chi connectivity index (χ0) is 15.6. The maximum atomic E-state index is 12.3. The first-order chi connectivity index (χ1) is 11.2. The molecule has 2 atom stereocenters. The van der Waals surface area contributed by atoms with E-state index >= 15 is 0 Å². The molecule has 3 aliphatic rings. The number of amides is 1. The van der Waals surface area contributed by atoms with Crippen molar-refractivity contribution in [3.63, 3.8) is 0 Å². The summed E-state index contributed by atoms with van der Waals surface area (Å²) in [5.74, 6) is 0.259. The smallest absolute Gasteiger partial charge is 0.226 e. The lowest BCUT2D eigenvalue weighted by molar-refractivity contribution is -0.136. The first-order valence-corrected chi connectivity index (χ1v) is 8.40. The molecule has 1 amide bonds. The molecule has 0 bridgehead atoms. The summed E-state index contributed by atoms with van der Waals surface area (Å²) in [6, 6.07) is 8.88. The second-order valence-electron chi connectivity index (χ2n) is 6.96. The molecule has 3 fully saturated rings. The monoisotopic (exact) mass is 311 g/mol. The van der Waals surface area contributed by atoms with Gasteiger partial charge in [0.2, 0.25) is 5.91 Å². The van der Waals surface area contributed by atoms with Crippen LogP contribution in [0.4, 0.5) is 0 Å². The summed E-state index contributed by atoms with van der Waals surface area (Å²) in [6.07, 6.45) is 3.65. The van der Waals surface area contributed by atoms with Crippen LogP contribution >= 0.6 is 0 Å². The number of ether oxygens (including phenoxy) is 1. The van der Waals surface area contributed by atoms with Crippen LogP contribution in [0.1, 0.15) is 18.4 Å². The molecular formula is C18H21N3O2. The molecule has 0 N–H and O–H groups in total. The Balaban J connectivity index is 1.48. The number of benzene rings is 1. The molecular weight excluding hydrogens is 290 g/mol. The van der Waals surface area contributed by atoms with E-state index in [-0.39, 0.29) is 17.7 Å². The van der Waals surface area contributed by atoms with E-state index < -0.39 is 0 Å². The summed E-state index contributed by atoms with van der Waals surface area (Å²) < 4.78 is 8.24. The van der Waals surface area contributed by atoms with Gasteiger partial charge in [0.05, 0.1) is 12.6 Å². The van der Waals surface area contributed by atoms with Crippen LogP contribution in [0.25, 0.3) is 10.9 Å². The number of aryl methyl sites for hydroxylation is 1. The Labute approximate surface area is 135 Å². The average molecular weight is 311 g/mol. The first-order valence-electron chi connectivity index (χ1n) is 8.40. The predicted octanol–water partition coefficient (Wildman–Crippen LogP) is 1.71. The lowest BCUT2D eigenvalue weighted by atomic mass is 10.1. The number of carbonyl (C=O) groups is 1. The van der Waals surface area contributed by atoms with Gasteiger partial charge in [-0.2, -0.15) is 0 Å². The second kappa shape index (κ2) is 4.58. The summed E-state index contributed by atoms with van der Waals surface area (Å²) in [4.78, 5) is 16.7. The van der Waals surface area contributed by atoms with E-state index in [1.807, 2.05) is 4.90 Å². The van der Waals surface area contributed by atoms with Crippen molar-refractivity contribution in [1.82, 2.24) is 14.4 Å². The molecule has 23 heavy (non-hydrogen) atoms. The largest absolute Gasteiger partial charge is 0.352 e. The van der Waals surface area contributed by atoms with Crippen LogP contribution < -0.4 is 0 Å². The zero-order valence-electron chi connectivity index (χ0n) is 13.4. The third kappa shape index (κ3) is 1.72. The van der Waals surface area contributed by atoms with Crippen molar-refractivity contribution >= 4 is 16.8 Å². The lowest BCUT2D eigenvalue weighted by Crippen LogP contribution is -2.47. The SMILES string of the molecule is Cn1ccc2c(CN3CC[C@@]45OCCN4C(=O)C[C@@H]35)cccc21. The van der Waals surface area contributed by atoms with Gasteiger partial charge in [0.1, 0.15) is 0 Å². The van der Waals surface area contributed by atoms with Gasteiger partial charge in [-0.1, -0.05) is 12.1 Å². The van der Waals surface area contributed by atoms with Crippen LogP contribution in [-0.2, 0) is 23.1 Å². The molecule has 1 spiro atoms. The van der Waals surface area contributed by atoms with Crippen LogP contribution in [0.5, 0.6) is 0 Å². The molecule has 1 aromatic carbocycles. The van der Waals surface area contributed by atoms with Gasteiger partial charge in [0, 0.05) is 56.6 Å². The lowest BCUT2D eigenvalue weighted by Gasteiger charge is -2.31. The Morgan fingerprint density at radius 2 is 2.22 bits per heavy atom. The number of fused-ring (bicyclic) bond motifs is 1. The maximum Gasteiger partial charge on any atom is 0.226 e. The van der Waals surface area contributed by atoms with E-state index in [9.17, 15) is 4.79 Å². The topological polar surface area (TPSA) is 37.7 Å². The van der Waals surface area contributed by atoms with Crippen molar-refractivity contribution in [2.45, 2.75) is 31.2 Å². The fourth-order valence-corrected chi connectivity index (χ4v) is 4.79. The Morgan fingerprint density at radius 1 is 1.30 bits per heavy atom. The van der Waals surface area contributed by atoms with Crippen LogP contribution in [0.2, 0.25) is 0 Å². The van der Waals surface area contributed by atoms with Gasteiger partial charge in [0.15, 0.2) is 5.72 Å². The third-order valence-corrected chi connectivity index (χ3v) is 5.90. The van der Waals surface area contributed by atoms with Gasteiger partial charge < -0.3 is 14.2 Å². The molecule has 3 saturated heterocycles. The third-order valence-electron chi connectivity index (χ3n) is 5.90. The van der Waals surface area contributed by atoms with Crippen molar-refractivity contribution in [2.75, 3.05) is 19.7 Å². The van der Waals surface area contributed by atoms with Gasteiger partial charge in [-0.3, -0.25) is 9.69 Å². The summed E-state index contributed by atoms with van der Waals surface area (Å²) >= 11 is 0. The molecule has 120 valence electrons. The summed E-state index contributed by atoms with van der Waals surface area (Å²) in [7, 11) is 2.08. The highest BCUT2D eigenvalue weighted by atomic mass is 16.5.